The third-order valence-corrected chi connectivity index (χ3v) is 8.23. The first-order valence-electron chi connectivity index (χ1n) is 13.6. The number of methoxy groups -OCH3 is 1. The minimum Gasteiger partial charge on any atom is -0.497 e. The molecule has 5 aromatic rings. The molecule has 12 heteroatoms. The van der Waals surface area contributed by atoms with E-state index in [4.69, 9.17) is 21.1 Å². The second kappa shape index (κ2) is 12.0. The molecule has 228 valence electrons. The van der Waals surface area contributed by atoms with E-state index in [0.29, 0.717) is 21.3 Å². The van der Waals surface area contributed by atoms with Gasteiger partial charge in [0.25, 0.3) is 5.91 Å². The highest BCUT2D eigenvalue weighted by atomic mass is 79.9. The highest BCUT2D eigenvalue weighted by Crippen LogP contribution is 2.47. The van der Waals surface area contributed by atoms with Crippen molar-refractivity contribution in [3.05, 3.63) is 122 Å². The van der Waals surface area contributed by atoms with Crippen molar-refractivity contribution in [2.45, 2.75) is 19.5 Å². The molecule has 1 aromatic heterocycles. The molecule has 0 radical (unpaired) electrons. The molecule has 0 saturated carbocycles. The van der Waals surface area contributed by atoms with E-state index in [9.17, 15) is 23.2 Å². The molecular weight excluding hydrogens is 672 g/mol. The zero-order chi connectivity index (χ0) is 32.0. The number of hydrogen-bond donors (Lipinski definition) is 1. The molecule has 45 heavy (non-hydrogen) atoms. The zero-order valence-electron chi connectivity index (χ0n) is 23.7. The van der Waals surface area contributed by atoms with E-state index in [1.165, 1.54) is 48.0 Å². The Hall–Kier alpha value is -4.74. The van der Waals surface area contributed by atoms with Gasteiger partial charge in [-0.3, -0.25) is 14.2 Å². The number of halogens is 4. The van der Waals surface area contributed by atoms with Crippen molar-refractivity contribution in [2.75, 3.05) is 12.4 Å². The standard InChI is InChI=1S/C33H23BrClF2N3O5/c1-17(41)45-29-16-39(28-10-6-21(37)14-24(28)29)33(43)38-27-12-19(34)11-25-30(27)31(23-13-20(36)5-9-26(23)35)40(32(25)42)15-18-3-7-22(44-2)8-4-18/h3-14,16,31H,15H2,1-2H3,(H,38,43). The second-order valence-corrected chi connectivity index (χ2v) is 11.6. The number of nitrogens with zero attached hydrogens (tertiary/aromatic N) is 2. The van der Waals surface area contributed by atoms with Crippen molar-refractivity contribution in [1.29, 1.82) is 0 Å². The van der Waals surface area contributed by atoms with Crippen molar-refractivity contribution in [2.24, 2.45) is 0 Å². The van der Waals surface area contributed by atoms with E-state index in [-0.39, 0.29) is 45.4 Å². The van der Waals surface area contributed by atoms with E-state index >= 15 is 0 Å². The topological polar surface area (TPSA) is 89.9 Å². The second-order valence-electron chi connectivity index (χ2n) is 10.3. The van der Waals surface area contributed by atoms with Crippen LogP contribution in [0.3, 0.4) is 0 Å². The van der Waals surface area contributed by atoms with Gasteiger partial charge in [0.05, 0.1) is 24.9 Å². The van der Waals surface area contributed by atoms with Gasteiger partial charge in [-0.25, -0.2) is 13.6 Å². The van der Waals surface area contributed by atoms with E-state index in [1.807, 2.05) is 12.1 Å². The van der Waals surface area contributed by atoms with E-state index in [0.717, 1.165) is 11.6 Å². The molecule has 0 bridgehead atoms. The van der Waals surface area contributed by atoms with Crippen LogP contribution in [0.15, 0.2) is 83.5 Å². The fourth-order valence-corrected chi connectivity index (χ4v) is 6.19. The number of amides is 2. The fourth-order valence-electron chi connectivity index (χ4n) is 5.51. The molecule has 1 unspecified atom stereocenters. The predicted octanol–water partition coefficient (Wildman–Crippen LogP) is 8.09. The maximum Gasteiger partial charge on any atom is 0.330 e. The summed E-state index contributed by atoms with van der Waals surface area (Å²) < 4.78 is 40.9. The Balaban J connectivity index is 1.47. The number of benzene rings is 4. The van der Waals surface area contributed by atoms with Gasteiger partial charge in [0.15, 0.2) is 5.75 Å². The Morgan fingerprint density at radius 3 is 2.42 bits per heavy atom. The minimum absolute atomic E-state index is 0.00288. The molecule has 0 fully saturated rings. The van der Waals surface area contributed by atoms with Crippen LogP contribution in [0.4, 0.5) is 19.3 Å². The first kappa shape index (κ1) is 30.3. The lowest BCUT2D eigenvalue weighted by molar-refractivity contribution is -0.131. The molecule has 0 aliphatic carbocycles. The van der Waals surface area contributed by atoms with E-state index < -0.39 is 29.7 Å². The Morgan fingerprint density at radius 1 is 1.00 bits per heavy atom. The average molecular weight is 695 g/mol. The Bertz CT molecular complexity index is 2010. The summed E-state index contributed by atoms with van der Waals surface area (Å²) in [5.74, 6) is -1.49. The molecule has 2 amide bonds. The Labute approximate surface area is 269 Å². The average Bonchev–Trinajstić information content (AvgIpc) is 3.48. The third-order valence-electron chi connectivity index (χ3n) is 7.43. The quantitative estimate of drug-likeness (QED) is 0.182. The number of rotatable bonds is 6. The first-order valence-corrected chi connectivity index (χ1v) is 14.7. The number of anilines is 1. The molecular formula is C33H23BrClF2N3O5. The van der Waals surface area contributed by atoms with Gasteiger partial charge in [-0.2, -0.15) is 0 Å². The Kier molecular flexibility index (Phi) is 8.07. The lowest BCUT2D eigenvalue weighted by Crippen LogP contribution is -2.29. The number of nitrogens with one attached hydrogen (secondary N) is 1. The van der Waals surface area contributed by atoms with Crippen molar-refractivity contribution >= 4 is 62.0 Å². The summed E-state index contributed by atoms with van der Waals surface area (Å²) in [6.45, 7) is 1.33. The van der Waals surface area contributed by atoms with Crippen LogP contribution in [0.1, 0.15) is 40.0 Å². The highest BCUT2D eigenvalue weighted by molar-refractivity contribution is 9.10. The molecule has 1 atom stereocenters. The number of fused-ring (bicyclic) bond motifs is 2. The number of carbonyl (C=O) groups excluding carboxylic acids is 3. The number of carbonyl (C=O) groups is 3. The monoisotopic (exact) mass is 693 g/mol. The summed E-state index contributed by atoms with van der Waals surface area (Å²) in [5.41, 5.74) is 2.31. The molecule has 0 saturated heterocycles. The van der Waals surface area contributed by atoms with Crippen molar-refractivity contribution in [3.63, 3.8) is 0 Å². The van der Waals surface area contributed by atoms with Crippen LogP contribution in [-0.2, 0) is 11.3 Å². The fraction of sp³-hybridized carbons (Fsp3) is 0.121. The van der Waals surface area contributed by atoms with Gasteiger partial charge < -0.3 is 19.7 Å². The lowest BCUT2D eigenvalue weighted by atomic mass is 9.95. The van der Waals surface area contributed by atoms with Gasteiger partial charge >= 0.3 is 12.0 Å². The van der Waals surface area contributed by atoms with Crippen molar-refractivity contribution in [1.82, 2.24) is 9.47 Å². The maximum absolute atomic E-state index is 14.7. The smallest absolute Gasteiger partial charge is 0.330 e. The SMILES string of the molecule is COc1ccc(CN2C(=O)c3cc(Br)cc(NC(=O)n4cc(OC(C)=O)c5cc(F)ccc54)c3C2c2cc(F)ccc2Cl)cc1. The summed E-state index contributed by atoms with van der Waals surface area (Å²) in [7, 11) is 1.55. The molecule has 4 aromatic carbocycles. The molecule has 6 rings (SSSR count). The molecule has 8 nitrogen and oxygen atoms in total. The predicted molar refractivity (Wildman–Crippen MR) is 168 cm³/mol. The number of hydrogen-bond acceptors (Lipinski definition) is 5. The van der Waals surface area contributed by atoms with E-state index in [1.54, 1.807) is 36.3 Å². The van der Waals surface area contributed by atoms with Crippen LogP contribution in [0.5, 0.6) is 11.5 Å². The minimum atomic E-state index is -0.881. The molecule has 1 aliphatic heterocycles. The van der Waals surface area contributed by atoms with Gasteiger partial charge in [-0.15, -0.1) is 0 Å². The van der Waals surface area contributed by atoms with Crippen LogP contribution in [0.2, 0.25) is 5.02 Å². The van der Waals surface area contributed by atoms with Gasteiger partial charge in [0, 0.05) is 50.7 Å². The summed E-state index contributed by atoms with van der Waals surface area (Å²) >= 11 is 10.1. The van der Waals surface area contributed by atoms with Gasteiger partial charge in [0.1, 0.15) is 17.4 Å². The van der Waals surface area contributed by atoms with Gasteiger partial charge in [-0.1, -0.05) is 39.7 Å². The summed E-state index contributed by atoms with van der Waals surface area (Å²) in [5, 5.41) is 3.30. The summed E-state index contributed by atoms with van der Waals surface area (Å²) in [6.07, 6.45) is 1.28. The third kappa shape index (κ3) is 5.76. The summed E-state index contributed by atoms with van der Waals surface area (Å²) in [6, 6.07) is 16.5. The van der Waals surface area contributed by atoms with Crippen LogP contribution < -0.4 is 14.8 Å². The molecule has 1 aliphatic rings. The number of esters is 1. The molecule has 1 N–H and O–H groups in total. The van der Waals surface area contributed by atoms with E-state index in [2.05, 4.69) is 21.2 Å². The molecule has 2 heterocycles. The van der Waals surface area contributed by atoms with Gasteiger partial charge in [-0.05, 0) is 66.2 Å². The normalized spacial score (nSPS) is 14.0. The van der Waals surface area contributed by atoms with Crippen molar-refractivity contribution in [3.8, 4) is 11.5 Å². The van der Waals surface area contributed by atoms with Crippen LogP contribution in [0.25, 0.3) is 10.9 Å². The number of ether oxygens (including phenoxy) is 2. The highest BCUT2D eigenvalue weighted by Gasteiger charge is 2.41. The molecule has 0 spiro atoms. The number of aromatic nitrogens is 1. The largest absolute Gasteiger partial charge is 0.497 e. The summed E-state index contributed by atoms with van der Waals surface area (Å²) in [4.78, 5) is 41.1. The van der Waals surface area contributed by atoms with Crippen molar-refractivity contribution < 1.29 is 32.6 Å². The van der Waals surface area contributed by atoms with Gasteiger partial charge in [0.2, 0.25) is 0 Å². The van der Waals surface area contributed by atoms with Crippen LogP contribution in [-0.4, -0.2) is 34.5 Å². The Morgan fingerprint density at radius 2 is 1.71 bits per heavy atom. The zero-order valence-corrected chi connectivity index (χ0v) is 26.1. The van der Waals surface area contributed by atoms with Crippen LogP contribution >= 0.6 is 27.5 Å². The lowest BCUT2D eigenvalue weighted by Gasteiger charge is -2.28. The van der Waals surface area contributed by atoms with Crippen LogP contribution in [0, 0.1) is 11.6 Å². The first-order chi connectivity index (χ1) is 21.5. The maximum atomic E-state index is 14.7.